The zero-order chi connectivity index (χ0) is 24.3. The van der Waals surface area contributed by atoms with Crippen molar-refractivity contribution in [3.8, 4) is 11.5 Å². The second kappa shape index (κ2) is 10.1. The number of carbonyl (C=O) groups is 3. The number of piperidine rings is 1. The van der Waals surface area contributed by atoms with Crippen LogP contribution in [-0.4, -0.2) is 61.4 Å². The second-order valence-electron chi connectivity index (χ2n) is 9.01. The highest BCUT2D eigenvalue weighted by atomic mass is 35.5. The summed E-state index contributed by atoms with van der Waals surface area (Å²) < 4.78 is 11.1. The summed E-state index contributed by atoms with van der Waals surface area (Å²) in [7, 11) is 3.08. The SMILES string of the molecule is COc1ccc(OC[C@H]2CCCN(C(=O)C[C@@]3(c4ccccc4Cl)CC(=O)N(C)C3=O)C2)cc1. The van der Waals surface area contributed by atoms with Crippen molar-refractivity contribution in [3.05, 3.63) is 59.1 Å². The number of hydrogen-bond donors (Lipinski definition) is 0. The van der Waals surface area contributed by atoms with Crippen LogP contribution in [0.2, 0.25) is 5.02 Å². The Labute approximate surface area is 204 Å². The molecular weight excluding hydrogens is 456 g/mol. The van der Waals surface area contributed by atoms with Gasteiger partial charge in [0.05, 0.1) is 19.1 Å². The number of rotatable bonds is 7. The van der Waals surface area contributed by atoms with Crippen molar-refractivity contribution < 1.29 is 23.9 Å². The Hall–Kier alpha value is -3.06. The van der Waals surface area contributed by atoms with E-state index < -0.39 is 5.41 Å². The Balaban J connectivity index is 1.46. The van der Waals surface area contributed by atoms with Crippen LogP contribution >= 0.6 is 11.6 Å². The summed E-state index contributed by atoms with van der Waals surface area (Å²) in [5.74, 6) is 0.863. The van der Waals surface area contributed by atoms with E-state index in [4.69, 9.17) is 21.1 Å². The molecule has 2 aromatic rings. The molecule has 0 saturated carbocycles. The Morgan fingerprint density at radius 3 is 2.47 bits per heavy atom. The molecule has 0 aromatic heterocycles. The predicted octanol–water partition coefficient (Wildman–Crippen LogP) is 3.68. The van der Waals surface area contributed by atoms with E-state index in [1.54, 1.807) is 36.3 Å². The average molecular weight is 485 g/mol. The number of nitrogens with zero attached hydrogens (tertiary/aromatic N) is 2. The van der Waals surface area contributed by atoms with E-state index >= 15 is 0 Å². The van der Waals surface area contributed by atoms with E-state index in [2.05, 4.69) is 0 Å². The van der Waals surface area contributed by atoms with Crippen LogP contribution in [-0.2, 0) is 19.8 Å². The summed E-state index contributed by atoms with van der Waals surface area (Å²) in [5.41, 5.74) is -0.738. The van der Waals surface area contributed by atoms with Gasteiger partial charge in [0, 0.05) is 43.9 Å². The summed E-state index contributed by atoms with van der Waals surface area (Å²) >= 11 is 6.43. The van der Waals surface area contributed by atoms with Crippen molar-refractivity contribution in [1.82, 2.24) is 9.80 Å². The topological polar surface area (TPSA) is 76.2 Å². The van der Waals surface area contributed by atoms with Gasteiger partial charge in [-0.2, -0.15) is 0 Å². The van der Waals surface area contributed by atoms with E-state index in [-0.39, 0.29) is 36.5 Å². The molecule has 2 atom stereocenters. The molecule has 0 aliphatic carbocycles. The van der Waals surface area contributed by atoms with E-state index in [0.717, 1.165) is 29.2 Å². The molecule has 7 nitrogen and oxygen atoms in total. The molecule has 180 valence electrons. The molecular formula is C26H29ClN2O5. The summed E-state index contributed by atoms with van der Waals surface area (Å²) in [6.07, 6.45) is 1.66. The molecule has 2 saturated heterocycles. The summed E-state index contributed by atoms with van der Waals surface area (Å²) in [5, 5.41) is 0.385. The first kappa shape index (κ1) is 24.1. The van der Waals surface area contributed by atoms with Crippen LogP contribution in [0.1, 0.15) is 31.2 Å². The summed E-state index contributed by atoms with van der Waals surface area (Å²) in [6.45, 7) is 1.66. The van der Waals surface area contributed by atoms with Crippen molar-refractivity contribution in [2.45, 2.75) is 31.1 Å². The number of halogens is 1. The fraction of sp³-hybridized carbons (Fsp3) is 0.423. The van der Waals surface area contributed by atoms with Crippen molar-refractivity contribution in [2.75, 3.05) is 33.9 Å². The molecule has 2 fully saturated rings. The number of imide groups is 1. The van der Waals surface area contributed by atoms with Crippen molar-refractivity contribution in [1.29, 1.82) is 0 Å². The number of benzene rings is 2. The maximum atomic E-state index is 13.4. The maximum Gasteiger partial charge on any atom is 0.240 e. The highest BCUT2D eigenvalue weighted by Crippen LogP contribution is 2.43. The zero-order valence-electron chi connectivity index (χ0n) is 19.5. The number of carbonyl (C=O) groups excluding carboxylic acids is 3. The van der Waals surface area contributed by atoms with Gasteiger partial charge < -0.3 is 14.4 Å². The van der Waals surface area contributed by atoms with Gasteiger partial charge >= 0.3 is 0 Å². The van der Waals surface area contributed by atoms with Gasteiger partial charge in [-0.25, -0.2) is 0 Å². The number of ether oxygens (including phenoxy) is 2. The van der Waals surface area contributed by atoms with Crippen LogP contribution in [0.4, 0.5) is 0 Å². The van der Waals surface area contributed by atoms with Crippen molar-refractivity contribution in [2.24, 2.45) is 5.92 Å². The Bertz CT molecular complexity index is 1070. The number of methoxy groups -OCH3 is 1. The van der Waals surface area contributed by atoms with Crippen LogP contribution < -0.4 is 9.47 Å². The number of likely N-dealkylation sites (N-methyl/N-ethyl adjacent to an activating group) is 1. The first-order valence-electron chi connectivity index (χ1n) is 11.4. The van der Waals surface area contributed by atoms with E-state index in [0.29, 0.717) is 30.3 Å². The van der Waals surface area contributed by atoms with Crippen LogP contribution in [0.25, 0.3) is 0 Å². The second-order valence-corrected chi connectivity index (χ2v) is 9.42. The molecule has 2 aliphatic heterocycles. The lowest BCUT2D eigenvalue weighted by molar-refractivity contribution is -0.142. The van der Waals surface area contributed by atoms with Crippen LogP contribution in [0.15, 0.2) is 48.5 Å². The van der Waals surface area contributed by atoms with Crippen LogP contribution in [0.5, 0.6) is 11.5 Å². The number of hydrogen-bond acceptors (Lipinski definition) is 5. The van der Waals surface area contributed by atoms with Gasteiger partial charge in [0.15, 0.2) is 0 Å². The first-order valence-corrected chi connectivity index (χ1v) is 11.8. The van der Waals surface area contributed by atoms with Gasteiger partial charge in [0.1, 0.15) is 11.5 Å². The third kappa shape index (κ3) is 4.75. The normalized spacial score (nSPS) is 22.7. The maximum absolute atomic E-state index is 13.4. The van der Waals surface area contributed by atoms with Crippen molar-refractivity contribution in [3.63, 3.8) is 0 Å². The standard InChI is InChI=1S/C26H29ClN2O5/c1-28-23(30)14-26(25(28)32,21-7-3-4-8-22(21)27)15-24(31)29-13-5-6-18(16-29)17-34-20-11-9-19(33-2)10-12-20/h3-4,7-12,18H,5-6,13-17H2,1-2H3/t18-,26+/m0/s1. The molecule has 0 spiro atoms. The molecule has 2 aliphatic rings. The molecule has 0 radical (unpaired) electrons. The molecule has 3 amide bonds. The minimum atomic E-state index is -1.27. The summed E-state index contributed by atoms with van der Waals surface area (Å²) in [4.78, 5) is 42.0. The smallest absolute Gasteiger partial charge is 0.240 e. The Morgan fingerprint density at radius 1 is 1.12 bits per heavy atom. The molecule has 0 N–H and O–H groups in total. The van der Waals surface area contributed by atoms with Gasteiger partial charge in [-0.3, -0.25) is 19.3 Å². The molecule has 2 aromatic carbocycles. The lowest BCUT2D eigenvalue weighted by Gasteiger charge is -2.35. The fourth-order valence-corrected chi connectivity index (χ4v) is 5.18. The van der Waals surface area contributed by atoms with E-state index in [9.17, 15) is 14.4 Å². The molecule has 34 heavy (non-hydrogen) atoms. The highest BCUT2D eigenvalue weighted by Gasteiger charge is 2.53. The molecule has 0 unspecified atom stereocenters. The van der Waals surface area contributed by atoms with Gasteiger partial charge in [0.2, 0.25) is 17.7 Å². The predicted molar refractivity (Wildman–Crippen MR) is 128 cm³/mol. The van der Waals surface area contributed by atoms with Gasteiger partial charge in [0.25, 0.3) is 0 Å². The molecule has 2 heterocycles. The summed E-state index contributed by atoms with van der Waals surface area (Å²) in [6, 6.07) is 14.4. The number of amides is 3. The van der Waals surface area contributed by atoms with Gasteiger partial charge in [-0.05, 0) is 48.7 Å². The number of likely N-dealkylation sites (tertiary alicyclic amines) is 2. The quantitative estimate of drug-likeness (QED) is 0.560. The largest absolute Gasteiger partial charge is 0.497 e. The average Bonchev–Trinajstić information content (AvgIpc) is 3.07. The Kier molecular flexibility index (Phi) is 7.12. The fourth-order valence-electron chi connectivity index (χ4n) is 4.86. The van der Waals surface area contributed by atoms with Crippen molar-refractivity contribution >= 4 is 29.3 Å². The highest BCUT2D eigenvalue weighted by molar-refractivity contribution is 6.32. The van der Waals surface area contributed by atoms with Gasteiger partial charge in [-0.1, -0.05) is 29.8 Å². The zero-order valence-corrected chi connectivity index (χ0v) is 20.2. The molecule has 8 heteroatoms. The first-order chi connectivity index (χ1) is 16.3. The molecule has 0 bridgehead atoms. The minimum Gasteiger partial charge on any atom is -0.497 e. The van der Waals surface area contributed by atoms with Crippen LogP contribution in [0.3, 0.4) is 0 Å². The van der Waals surface area contributed by atoms with E-state index in [1.165, 1.54) is 7.05 Å². The third-order valence-electron chi connectivity index (χ3n) is 6.80. The van der Waals surface area contributed by atoms with Crippen LogP contribution in [0, 0.1) is 5.92 Å². The lowest BCUT2D eigenvalue weighted by Crippen LogP contribution is -2.46. The van der Waals surface area contributed by atoms with Gasteiger partial charge in [-0.15, -0.1) is 0 Å². The third-order valence-corrected chi connectivity index (χ3v) is 7.13. The monoisotopic (exact) mass is 484 g/mol. The lowest BCUT2D eigenvalue weighted by atomic mass is 9.75. The van der Waals surface area contributed by atoms with E-state index in [1.807, 2.05) is 24.3 Å². The molecule has 4 rings (SSSR count). The Morgan fingerprint density at radius 2 is 1.82 bits per heavy atom. The minimum absolute atomic E-state index is 0.0599.